The van der Waals surface area contributed by atoms with Crippen molar-refractivity contribution in [3.8, 4) is 11.5 Å². The SMILES string of the molecule is COc1ccc(Cl)c(CC(=O)N/N=C/c2ccc(OC)c(Br)c2)c1. The maximum atomic E-state index is 12.0. The zero-order valence-corrected chi connectivity index (χ0v) is 15.5. The molecule has 1 amide bonds. The predicted molar refractivity (Wildman–Crippen MR) is 98.1 cm³/mol. The molecule has 5 nitrogen and oxygen atoms in total. The van der Waals surface area contributed by atoms with Gasteiger partial charge in [0.15, 0.2) is 0 Å². The molecule has 0 bridgehead atoms. The average molecular weight is 412 g/mol. The van der Waals surface area contributed by atoms with Crippen molar-refractivity contribution in [3.05, 3.63) is 57.0 Å². The average Bonchev–Trinajstić information content (AvgIpc) is 2.57. The van der Waals surface area contributed by atoms with Crippen molar-refractivity contribution in [2.24, 2.45) is 5.10 Å². The van der Waals surface area contributed by atoms with Crippen molar-refractivity contribution >= 4 is 39.7 Å². The molecule has 7 heteroatoms. The molecule has 0 aliphatic rings. The summed E-state index contributed by atoms with van der Waals surface area (Å²) in [5.74, 6) is 1.10. The lowest BCUT2D eigenvalue weighted by atomic mass is 10.1. The fourth-order valence-electron chi connectivity index (χ4n) is 1.97. The molecule has 0 fully saturated rings. The summed E-state index contributed by atoms with van der Waals surface area (Å²) in [5.41, 5.74) is 3.98. The summed E-state index contributed by atoms with van der Waals surface area (Å²) < 4.78 is 11.1. The Labute approximate surface area is 153 Å². The smallest absolute Gasteiger partial charge is 0.244 e. The molecule has 0 atom stereocenters. The van der Waals surface area contributed by atoms with E-state index in [-0.39, 0.29) is 12.3 Å². The van der Waals surface area contributed by atoms with E-state index in [1.54, 1.807) is 38.6 Å². The van der Waals surface area contributed by atoms with Gasteiger partial charge in [-0.05, 0) is 63.5 Å². The lowest BCUT2D eigenvalue weighted by Gasteiger charge is -2.06. The summed E-state index contributed by atoms with van der Waals surface area (Å²) in [6.07, 6.45) is 1.66. The normalized spacial score (nSPS) is 10.7. The number of benzene rings is 2. The quantitative estimate of drug-likeness (QED) is 0.581. The van der Waals surface area contributed by atoms with Gasteiger partial charge in [-0.1, -0.05) is 11.6 Å². The van der Waals surface area contributed by atoms with Crippen molar-refractivity contribution in [1.82, 2.24) is 5.43 Å². The van der Waals surface area contributed by atoms with Gasteiger partial charge in [0, 0.05) is 5.02 Å². The summed E-state index contributed by atoms with van der Waals surface area (Å²) in [5, 5.41) is 4.45. The highest BCUT2D eigenvalue weighted by atomic mass is 79.9. The highest BCUT2D eigenvalue weighted by Gasteiger charge is 2.08. The highest BCUT2D eigenvalue weighted by molar-refractivity contribution is 9.10. The van der Waals surface area contributed by atoms with Crippen LogP contribution in [0.5, 0.6) is 11.5 Å². The van der Waals surface area contributed by atoms with Crippen molar-refractivity contribution < 1.29 is 14.3 Å². The third-order valence-corrected chi connectivity index (χ3v) is 4.17. The number of carbonyl (C=O) groups is 1. The molecule has 1 N–H and O–H groups in total. The number of nitrogens with one attached hydrogen (secondary N) is 1. The molecule has 0 saturated carbocycles. The van der Waals surface area contributed by atoms with Crippen LogP contribution in [0.2, 0.25) is 5.02 Å². The molecule has 0 heterocycles. The first-order valence-corrected chi connectivity index (χ1v) is 8.18. The maximum Gasteiger partial charge on any atom is 0.244 e. The first kappa shape index (κ1) is 18.3. The van der Waals surface area contributed by atoms with Gasteiger partial charge in [0.1, 0.15) is 11.5 Å². The number of hydrazone groups is 1. The van der Waals surface area contributed by atoms with E-state index < -0.39 is 0 Å². The molecule has 126 valence electrons. The minimum Gasteiger partial charge on any atom is -0.497 e. The number of amides is 1. The van der Waals surface area contributed by atoms with Gasteiger partial charge in [0.2, 0.25) is 5.91 Å². The predicted octanol–water partition coefficient (Wildman–Crippen LogP) is 3.81. The number of hydrogen-bond donors (Lipinski definition) is 1. The Hall–Kier alpha value is -2.05. The Morgan fingerprint density at radius 2 is 2.04 bits per heavy atom. The number of ether oxygens (including phenoxy) is 2. The van der Waals surface area contributed by atoms with E-state index in [1.807, 2.05) is 18.2 Å². The fraction of sp³-hybridized carbons (Fsp3) is 0.176. The lowest BCUT2D eigenvalue weighted by molar-refractivity contribution is -0.120. The number of halogens is 2. The number of nitrogens with zero attached hydrogens (tertiary/aromatic N) is 1. The van der Waals surface area contributed by atoms with E-state index in [2.05, 4.69) is 26.5 Å². The third kappa shape index (κ3) is 4.97. The molecule has 0 radical (unpaired) electrons. The van der Waals surface area contributed by atoms with Crippen molar-refractivity contribution in [1.29, 1.82) is 0 Å². The van der Waals surface area contributed by atoms with E-state index in [9.17, 15) is 4.79 Å². The van der Waals surface area contributed by atoms with E-state index in [4.69, 9.17) is 21.1 Å². The Morgan fingerprint density at radius 1 is 1.25 bits per heavy atom. The summed E-state index contributed by atoms with van der Waals surface area (Å²) in [7, 11) is 3.15. The molecule has 2 aromatic rings. The Morgan fingerprint density at radius 3 is 2.71 bits per heavy atom. The molecule has 0 aromatic heterocycles. The minimum atomic E-state index is -0.269. The van der Waals surface area contributed by atoms with Gasteiger partial charge in [-0.3, -0.25) is 4.79 Å². The van der Waals surface area contributed by atoms with Gasteiger partial charge in [0.25, 0.3) is 0 Å². The second kappa shape index (κ2) is 8.70. The van der Waals surface area contributed by atoms with Crippen LogP contribution >= 0.6 is 27.5 Å². The van der Waals surface area contributed by atoms with E-state index in [0.29, 0.717) is 16.3 Å². The first-order chi connectivity index (χ1) is 11.5. The molecular formula is C17H16BrClN2O3. The minimum absolute atomic E-state index is 0.111. The first-order valence-electron chi connectivity index (χ1n) is 7.01. The van der Waals surface area contributed by atoms with Crippen LogP contribution in [0.1, 0.15) is 11.1 Å². The molecule has 0 saturated heterocycles. The Bertz CT molecular complexity index is 765. The second-order valence-corrected chi connectivity index (χ2v) is 6.08. The third-order valence-electron chi connectivity index (χ3n) is 3.18. The van der Waals surface area contributed by atoms with Gasteiger partial charge in [-0.2, -0.15) is 5.10 Å². The molecule has 0 aliphatic heterocycles. The number of hydrogen-bond acceptors (Lipinski definition) is 4. The van der Waals surface area contributed by atoms with Crippen LogP contribution in [0, 0.1) is 0 Å². The topological polar surface area (TPSA) is 59.9 Å². The van der Waals surface area contributed by atoms with Crippen molar-refractivity contribution in [2.75, 3.05) is 14.2 Å². The van der Waals surface area contributed by atoms with E-state index >= 15 is 0 Å². The standard InChI is InChI=1S/C17H16BrClN2O3/c1-23-13-4-5-15(19)12(8-13)9-17(22)21-20-10-11-3-6-16(24-2)14(18)7-11/h3-8,10H,9H2,1-2H3,(H,21,22)/b20-10+. The van der Waals surface area contributed by atoms with Gasteiger partial charge in [0.05, 0.1) is 31.3 Å². The summed E-state index contributed by atoms with van der Waals surface area (Å²) in [6, 6.07) is 10.6. The Balaban J connectivity index is 1.97. The van der Waals surface area contributed by atoms with Gasteiger partial charge in [-0.15, -0.1) is 0 Å². The Kier molecular flexibility index (Phi) is 6.63. The van der Waals surface area contributed by atoms with E-state index in [1.165, 1.54) is 0 Å². The highest BCUT2D eigenvalue weighted by Crippen LogP contribution is 2.25. The molecular weight excluding hydrogens is 396 g/mol. The largest absolute Gasteiger partial charge is 0.497 e. The van der Waals surface area contributed by atoms with Crippen molar-refractivity contribution in [3.63, 3.8) is 0 Å². The number of methoxy groups -OCH3 is 2. The lowest BCUT2D eigenvalue weighted by Crippen LogP contribution is -2.20. The zero-order valence-electron chi connectivity index (χ0n) is 13.2. The molecule has 0 spiro atoms. The van der Waals surface area contributed by atoms with Crippen molar-refractivity contribution in [2.45, 2.75) is 6.42 Å². The molecule has 24 heavy (non-hydrogen) atoms. The summed E-state index contributed by atoms with van der Waals surface area (Å²) in [4.78, 5) is 12.0. The van der Waals surface area contributed by atoms with Crippen LogP contribution in [0.4, 0.5) is 0 Å². The second-order valence-electron chi connectivity index (χ2n) is 4.82. The summed E-state index contributed by atoms with van der Waals surface area (Å²) >= 11 is 9.48. The van der Waals surface area contributed by atoms with Crippen LogP contribution in [0.25, 0.3) is 0 Å². The van der Waals surface area contributed by atoms with Gasteiger partial charge in [-0.25, -0.2) is 5.43 Å². The van der Waals surface area contributed by atoms with E-state index in [0.717, 1.165) is 15.8 Å². The summed E-state index contributed by atoms with van der Waals surface area (Å²) in [6.45, 7) is 0. The van der Waals surface area contributed by atoms with Crippen LogP contribution in [-0.2, 0) is 11.2 Å². The van der Waals surface area contributed by atoms with Gasteiger partial charge < -0.3 is 9.47 Å². The molecule has 2 aromatic carbocycles. The zero-order chi connectivity index (χ0) is 17.5. The van der Waals surface area contributed by atoms with Crippen LogP contribution in [0.3, 0.4) is 0 Å². The van der Waals surface area contributed by atoms with Crippen LogP contribution in [-0.4, -0.2) is 26.3 Å². The maximum absolute atomic E-state index is 12.0. The van der Waals surface area contributed by atoms with Crippen LogP contribution in [0.15, 0.2) is 46.0 Å². The molecule has 0 aliphatic carbocycles. The van der Waals surface area contributed by atoms with Crippen LogP contribution < -0.4 is 14.9 Å². The number of carbonyl (C=O) groups excluding carboxylic acids is 1. The van der Waals surface area contributed by atoms with Gasteiger partial charge >= 0.3 is 0 Å². The number of rotatable bonds is 6. The monoisotopic (exact) mass is 410 g/mol. The molecule has 2 rings (SSSR count). The molecule has 0 unspecified atom stereocenters. The fourth-order valence-corrected chi connectivity index (χ4v) is 2.71.